The molecule has 6 nitrogen and oxygen atoms in total. The monoisotopic (exact) mass is 963 g/mol. The first-order valence-electron chi connectivity index (χ1n) is 29.4. The fourth-order valence-corrected chi connectivity index (χ4v) is 8.23. The van der Waals surface area contributed by atoms with Crippen molar-refractivity contribution in [2.24, 2.45) is 0 Å². The van der Waals surface area contributed by atoms with Crippen LogP contribution in [0.25, 0.3) is 0 Å². The van der Waals surface area contributed by atoms with E-state index in [0.29, 0.717) is 19.3 Å². The summed E-state index contributed by atoms with van der Waals surface area (Å²) in [7, 11) is 0. The maximum absolute atomic E-state index is 12.9. The highest BCUT2D eigenvalue weighted by atomic mass is 16.6. The van der Waals surface area contributed by atoms with Gasteiger partial charge in [-0.05, 0) is 77.0 Å². The molecule has 0 aromatic heterocycles. The summed E-state index contributed by atoms with van der Waals surface area (Å²) >= 11 is 0. The van der Waals surface area contributed by atoms with E-state index in [9.17, 15) is 14.4 Å². The molecule has 0 radical (unpaired) electrons. The van der Waals surface area contributed by atoms with E-state index in [1.165, 1.54) is 167 Å². The van der Waals surface area contributed by atoms with Crippen molar-refractivity contribution in [1.82, 2.24) is 0 Å². The number of carbonyl (C=O) groups excluding carboxylic acids is 3. The number of ether oxygens (including phenoxy) is 3. The Morgan fingerprint density at radius 2 is 0.565 bits per heavy atom. The lowest BCUT2D eigenvalue weighted by Crippen LogP contribution is -2.30. The van der Waals surface area contributed by atoms with Crippen LogP contribution in [0.3, 0.4) is 0 Å². The van der Waals surface area contributed by atoms with Crippen LogP contribution in [-0.4, -0.2) is 37.2 Å². The van der Waals surface area contributed by atoms with Gasteiger partial charge < -0.3 is 14.2 Å². The van der Waals surface area contributed by atoms with Gasteiger partial charge in [-0.3, -0.25) is 14.4 Å². The molecule has 6 heteroatoms. The van der Waals surface area contributed by atoms with Crippen molar-refractivity contribution in [3.8, 4) is 0 Å². The summed E-state index contributed by atoms with van der Waals surface area (Å²) in [5, 5.41) is 0. The van der Waals surface area contributed by atoms with Gasteiger partial charge >= 0.3 is 17.9 Å². The van der Waals surface area contributed by atoms with Gasteiger partial charge in [0.1, 0.15) is 13.2 Å². The number of unbranched alkanes of at least 4 members (excludes halogenated alkanes) is 30. The Bertz CT molecular complexity index is 1290. The third kappa shape index (κ3) is 55.6. The number of carbonyl (C=O) groups is 3. The Balaban J connectivity index is 4.40. The van der Waals surface area contributed by atoms with Crippen molar-refractivity contribution >= 4 is 17.9 Å². The molecule has 0 aliphatic carbocycles. The standard InChI is InChI=1S/C63H110O6/c1-4-7-10-13-16-19-22-24-26-28-30-31-33-35-37-39-42-45-48-51-54-57-63(66)69-60(58-67-61(64)55-52-49-46-43-40-21-18-15-12-9-6-3)59-68-62(65)56-53-50-47-44-41-38-36-34-32-29-27-25-23-20-17-14-11-8-5-2/h15,17-18,20,25,27,32,34,38,41,47,50,60H,4-14,16,19,21-24,26,28-31,33,35-37,39-40,42-46,48-49,51-59H2,1-3H3/b18-15-,20-17-,27-25-,34-32-,41-38-,50-47-/t60-/m0/s1. The van der Waals surface area contributed by atoms with Crippen LogP contribution in [0.2, 0.25) is 0 Å². The average Bonchev–Trinajstić information content (AvgIpc) is 3.35. The Labute approximate surface area is 427 Å². The van der Waals surface area contributed by atoms with Gasteiger partial charge in [0, 0.05) is 19.3 Å². The maximum Gasteiger partial charge on any atom is 0.306 e. The zero-order valence-electron chi connectivity index (χ0n) is 45.6. The van der Waals surface area contributed by atoms with Crippen LogP contribution in [0, 0.1) is 0 Å². The molecule has 0 aromatic rings. The van der Waals surface area contributed by atoms with Gasteiger partial charge in [-0.15, -0.1) is 0 Å². The molecular formula is C63H110O6. The predicted octanol–water partition coefficient (Wildman–Crippen LogP) is 19.8. The van der Waals surface area contributed by atoms with Gasteiger partial charge in [0.15, 0.2) is 6.10 Å². The van der Waals surface area contributed by atoms with Crippen molar-refractivity contribution in [2.45, 2.75) is 297 Å². The summed E-state index contributed by atoms with van der Waals surface area (Å²) in [5.74, 6) is -0.986. The normalized spacial score (nSPS) is 12.6. The summed E-state index contributed by atoms with van der Waals surface area (Å²) in [5.41, 5.74) is 0. The van der Waals surface area contributed by atoms with Gasteiger partial charge in [-0.25, -0.2) is 0 Å². The predicted molar refractivity (Wildman–Crippen MR) is 298 cm³/mol. The fourth-order valence-electron chi connectivity index (χ4n) is 8.23. The lowest BCUT2D eigenvalue weighted by Gasteiger charge is -2.18. The van der Waals surface area contributed by atoms with Crippen LogP contribution in [0.15, 0.2) is 72.9 Å². The van der Waals surface area contributed by atoms with Gasteiger partial charge in [-0.1, -0.05) is 267 Å². The molecule has 1 atom stereocenters. The molecule has 0 aromatic carbocycles. The smallest absolute Gasteiger partial charge is 0.306 e. The van der Waals surface area contributed by atoms with Crippen LogP contribution < -0.4 is 0 Å². The largest absolute Gasteiger partial charge is 0.462 e. The minimum atomic E-state index is -0.807. The van der Waals surface area contributed by atoms with Crippen molar-refractivity contribution in [2.75, 3.05) is 13.2 Å². The molecule has 398 valence electrons. The summed E-state index contributed by atoms with van der Waals surface area (Å²) in [6.07, 6.45) is 73.4. The first-order chi connectivity index (χ1) is 34.0. The maximum atomic E-state index is 12.9. The van der Waals surface area contributed by atoms with E-state index in [-0.39, 0.29) is 37.5 Å². The molecule has 0 saturated carbocycles. The molecule has 0 saturated heterocycles. The third-order valence-electron chi connectivity index (χ3n) is 12.7. The van der Waals surface area contributed by atoms with Crippen LogP contribution in [0.1, 0.15) is 290 Å². The van der Waals surface area contributed by atoms with Gasteiger partial charge in [0.25, 0.3) is 0 Å². The van der Waals surface area contributed by atoms with Gasteiger partial charge in [-0.2, -0.15) is 0 Å². The van der Waals surface area contributed by atoms with E-state index in [1.807, 2.05) is 6.08 Å². The van der Waals surface area contributed by atoms with E-state index >= 15 is 0 Å². The van der Waals surface area contributed by atoms with Crippen molar-refractivity contribution in [1.29, 1.82) is 0 Å². The lowest BCUT2D eigenvalue weighted by molar-refractivity contribution is -0.166. The molecule has 0 bridgehead atoms. The molecule has 0 fully saturated rings. The highest BCUT2D eigenvalue weighted by Gasteiger charge is 2.19. The van der Waals surface area contributed by atoms with Crippen LogP contribution in [0.4, 0.5) is 0 Å². The van der Waals surface area contributed by atoms with E-state index in [4.69, 9.17) is 14.2 Å². The molecule has 0 aliphatic rings. The van der Waals surface area contributed by atoms with Crippen LogP contribution in [-0.2, 0) is 28.6 Å². The highest BCUT2D eigenvalue weighted by molar-refractivity contribution is 5.71. The van der Waals surface area contributed by atoms with Crippen molar-refractivity contribution in [3.05, 3.63) is 72.9 Å². The second kappa shape index (κ2) is 57.4. The number of esters is 3. The zero-order chi connectivity index (χ0) is 50.0. The number of hydrogen-bond donors (Lipinski definition) is 0. The first-order valence-corrected chi connectivity index (χ1v) is 29.4. The zero-order valence-corrected chi connectivity index (χ0v) is 45.6. The molecule has 0 heterocycles. The van der Waals surface area contributed by atoms with Crippen LogP contribution >= 0.6 is 0 Å². The van der Waals surface area contributed by atoms with E-state index < -0.39 is 6.10 Å². The lowest BCUT2D eigenvalue weighted by atomic mass is 10.0. The van der Waals surface area contributed by atoms with Crippen molar-refractivity contribution in [3.63, 3.8) is 0 Å². The molecule has 69 heavy (non-hydrogen) atoms. The van der Waals surface area contributed by atoms with E-state index in [2.05, 4.69) is 87.6 Å². The van der Waals surface area contributed by atoms with Crippen molar-refractivity contribution < 1.29 is 28.6 Å². The molecule has 0 spiro atoms. The molecule has 0 aliphatic heterocycles. The minimum absolute atomic E-state index is 0.101. The summed E-state index contributed by atoms with van der Waals surface area (Å²) in [6.45, 7) is 6.53. The van der Waals surface area contributed by atoms with Gasteiger partial charge in [0.2, 0.25) is 0 Å². The Hall–Kier alpha value is -3.15. The number of rotatable bonds is 53. The Morgan fingerprint density at radius 1 is 0.290 bits per heavy atom. The Morgan fingerprint density at radius 3 is 0.986 bits per heavy atom. The third-order valence-corrected chi connectivity index (χ3v) is 12.7. The fraction of sp³-hybridized carbons (Fsp3) is 0.762. The second-order valence-electron chi connectivity index (χ2n) is 19.6. The molecule has 0 rings (SSSR count). The summed E-state index contributed by atoms with van der Waals surface area (Å²) < 4.78 is 16.8. The quantitative estimate of drug-likeness (QED) is 0.0262. The van der Waals surface area contributed by atoms with Gasteiger partial charge in [0.05, 0.1) is 0 Å². The SMILES string of the molecule is CCCC/C=C\CCCCCCCC(=O)OC[C@@H](COC(=O)CC/C=C\C/C=C\C/C=C\C/C=C\C/C=C\CCCCC)OC(=O)CCCCCCCCCCCCCCCCCCCCCCC. The molecule has 0 N–H and O–H groups in total. The first kappa shape index (κ1) is 65.8. The summed E-state index contributed by atoms with van der Waals surface area (Å²) in [4.78, 5) is 38.1. The number of allylic oxidation sites excluding steroid dienone is 12. The summed E-state index contributed by atoms with van der Waals surface area (Å²) in [6, 6.07) is 0. The molecule has 0 amide bonds. The topological polar surface area (TPSA) is 78.9 Å². The second-order valence-corrected chi connectivity index (χ2v) is 19.6. The minimum Gasteiger partial charge on any atom is -0.462 e. The Kier molecular flexibility index (Phi) is 54.8. The van der Waals surface area contributed by atoms with E-state index in [1.54, 1.807) is 0 Å². The molecular weight excluding hydrogens is 853 g/mol. The number of hydrogen-bond acceptors (Lipinski definition) is 6. The van der Waals surface area contributed by atoms with E-state index in [0.717, 1.165) is 77.0 Å². The molecule has 0 unspecified atom stereocenters. The average molecular weight is 964 g/mol. The highest BCUT2D eigenvalue weighted by Crippen LogP contribution is 2.16. The van der Waals surface area contributed by atoms with Crippen LogP contribution in [0.5, 0.6) is 0 Å².